The number of benzene rings is 1. The van der Waals surface area contributed by atoms with Gasteiger partial charge in [0.25, 0.3) is 5.56 Å². The van der Waals surface area contributed by atoms with Crippen molar-refractivity contribution in [1.29, 1.82) is 0 Å². The molecule has 4 heteroatoms. The van der Waals surface area contributed by atoms with Gasteiger partial charge in [0.1, 0.15) is 0 Å². The fraction of sp³-hybridized carbons (Fsp3) is 0.0769. The van der Waals surface area contributed by atoms with Crippen molar-refractivity contribution in [3.8, 4) is 0 Å². The van der Waals surface area contributed by atoms with Crippen LogP contribution in [0.15, 0.2) is 47.4 Å². The van der Waals surface area contributed by atoms with E-state index in [1.54, 1.807) is 31.3 Å². The van der Waals surface area contributed by atoms with Gasteiger partial charge in [-0.3, -0.25) is 9.59 Å². The number of halogens is 1. The molecule has 1 aromatic carbocycles. The third-order valence-electron chi connectivity index (χ3n) is 2.43. The van der Waals surface area contributed by atoms with Crippen LogP contribution in [0.1, 0.15) is 15.9 Å². The Morgan fingerprint density at radius 2 is 1.88 bits per heavy atom. The highest BCUT2D eigenvalue weighted by atomic mass is 35.5. The van der Waals surface area contributed by atoms with Crippen molar-refractivity contribution in [2.75, 3.05) is 0 Å². The standard InChI is InChI=1S/C13H10ClNO2/c1-15-8-10(14)7-11(13(15)17)12(16)9-5-3-2-4-6-9/h2-8H,1H3. The predicted molar refractivity (Wildman–Crippen MR) is 66.6 cm³/mol. The molecule has 0 aliphatic heterocycles. The normalized spacial score (nSPS) is 10.2. The third-order valence-corrected chi connectivity index (χ3v) is 2.64. The molecule has 0 saturated carbocycles. The maximum Gasteiger partial charge on any atom is 0.261 e. The summed E-state index contributed by atoms with van der Waals surface area (Å²) < 4.78 is 1.30. The van der Waals surface area contributed by atoms with Crippen LogP contribution in [0.2, 0.25) is 5.02 Å². The van der Waals surface area contributed by atoms with Gasteiger partial charge in [-0.25, -0.2) is 0 Å². The molecule has 0 unspecified atom stereocenters. The summed E-state index contributed by atoms with van der Waals surface area (Å²) in [6.45, 7) is 0. The molecule has 0 atom stereocenters. The number of carbonyl (C=O) groups is 1. The molecule has 0 radical (unpaired) electrons. The molecule has 86 valence electrons. The second kappa shape index (κ2) is 4.55. The molecular formula is C13H10ClNO2. The van der Waals surface area contributed by atoms with E-state index in [0.717, 1.165) is 0 Å². The third kappa shape index (κ3) is 2.29. The Balaban J connectivity index is 2.56. The van der Waals surface area contributed by atoms with Gasteiger partial charge in [0, 0.05) is 18.8 Å². The molecule has 0 fully saturated rings. The fourth-order valence-electron chi connectivity index (χ4n) is 1.58. The maximum atomic E-state index is 12.1. The topological polar surface area (TPSA) is 39.1 Å². The van der Waals surface area contributed by atoms with Crippen molar-refractivity contribution in [3.05, 3.63) is 69.1 Å². The van der Waals surface area contributed by atoms with E-state index in [-0.39, 0.29) is 16.9 Å². The smallest absolute Gasteiger partial charge is 0.261 e. The summed E-state index contributed by atoms with van der Waals surface area (Å²) >= 11 is 5.84. The van der Waals surface area contributed by atoms with Crippen molar-refractivity contribution in [1.82, 2.24) is 4.57 Å². The van der Waals surface area contributed by atoms with Gasteiger partial charge in [-0.2, -0.15) is 0 Å². The Morgan fingerprint density at radius 3 is 2.53 bits per heavy atom. The minimum Gasteiger partial charge on any atom is -0.316 e. The van der Waals surface area contributed by atoms with Gasteiger partial charge < -0.3 is 4.57 Å². The van der Waals surface area contributed by atoms with E-state index in [9.17, 15) is 9.59 Å². The lowest BCUT2D eigenvalue weighted by molar-refractivity contribution is 0.103. The first-order chi connectivity index (χ1) is 8.09. The Morgan fingerprint density at radius 1 is 1.24 bits per heavy atom. The highest BCUT2D eigenvalue weighted by Crippen LogP contribution is 2.11. The van der Waals surface area contributed by atoms with Crippen molar-refractivity contribution in [3.63, 3.8) is 0 Å². The zero-order chi connectivity index (χ0) is 12.4. The number of hydrogen-bond donors (Lipinski definition) is 0. The molecule has 1 heterocycles. The van der Waals surface area contributed by atoms with Crippen molar-refractivity contribution >= 4 is 17.4 Å². The summed E-state index contributed by atoms with van der Waals surface area (Å²) in [7, 11) is 1.57. The average Bonchev–Trinajstić information content (AvgIpc) is 2.34. The Bertz CT molecular complexity index is 617. The van der Waals surface area contributed by atoms with E-state index in [0.29, 0.717) is 10.6 Å². The molecule has 0 aliphatic rings. The number of carbonyl (C=O) groups excluding carboxylic acids is 1. The summed E-state index contributed by atoms with van der Waals surface area (Å²) in [5.41, 5.74) is 0.223. The van der Waals surface area contributed by atoms with Crippen LogP contribution in [0.25, 0.3) is 0 Å². The van der Waals surface area contributed by atoms with Gasteiger partial charge in [-0.05, 0) is 6.07 Å². The van der Waals surface area contributed by atoms with Crippen LogP contribution >= 0.6 is 11.6 Å². The zero-order valence-electron chi connectivity index (χ0n) is 9.18. The fourth-order valence-corrected chi connectivity index (χ4v) is 1.83. The van der Waals surface area contributed by atoms with Crippen molar-refractivity contribution in [2.24, 2.45) is 7.05 Å². The molecule has 0 amide bonds. The van der Waals surface area contributed by atoms with Crippen LogP contribution in [0.3, 0.4) is 0 Å². The number of aromatic nitrogens is 1. The highest BCUT2D eigenvalue weighted by molar-refractivity contribution is 6.31. The van der Waals surface area contributed by atoms with Crippen LogP contribution in [0, 0.1) is 0 Å². The SMILES string of the molecule is Cn1cc(Cl)cc(C(=O)c2ccccc2)c1=O. The van der Waals surface area contributed by atoms with E-state index < -0.39 is 0 Å². The Hall–Kier alpha value is -1.87. The average molecular weight is 248 g/mol. The number of aryl methyl sites for hydroxylation is 1. The molecule has 1 aromatic heterocycles. The van der Waals surface area contributed by atoms with E-state index in [4.69, 9.17) is 11.6 Å². The van der Waals surface area contributed by atoms with Gasteiger partial charge in [-0.1, -0.05) is 41.9 Å². The molecule has 0 saturated heterocycles. The van der Waals surface area contributed by atoms with Crippen LogP contribution in [0.4, 0.5) is 0 Å². The first-order valence-electron chi connectivity index (χ1n) is 5.05. The van der Waals surface area contributed by atoms with E-state index in [1.165, 1.54) is 16.8 Å². The Labute approximate surface area is 103 Å². The van der Waals surface area contributed by atoms with Gasteiger partial charge in [0.15, 0.2) is 5.78 Å². The molecule has 3 nitrogen and oxygen atoms in total. The predicted octanol–water partition coefficient (Wildman–Crippen LogP) is 2.27. The summed E-state index contributed by atoms with van der Waals surface area (Å²) in [4.78, 5) is 23.9. The molecule has 2 aromatic rings. The van der Waals surface area contributed by atoms with Crippen LogP contribution in [0.5, 0.6) is 0 Å². The number of pyridine rings is 1. The molecule has 2 rings (SSSR count). The minimum atomic E-state index is -0.344. The van der Waals surface area contributed by atoms with Crippen molar-refractivity contribution < 1.29 is 4.79 Å². The summed E-state index contributed by atoms with van der Waals surface area (Å²) in [5, 5.41) is 0.367. The molecule has 17 heavy (non-hydrogen) atoms. The van der Waals surface area contributed by atoms with Crippen LogP contribution in [-0.4, -0.2) is 10.4 Å². The lowest BCUT2D eigenvalue weighted by atomic mass is 10.1. The molecular weight excluding hydrogens is 238 g/mol. The zero-order valence-corrected chi connectivity index (χ0v) is 9.94. The largest absolute Gasteiger partial charge is 0.316 e. The first-order valence-corrected chi connectivity index (χ1v) is 5.43. The van der Waals surface area contributed by atoms with E-state index in [2.05, 4.69) is 0 Å². The minimum absolute atomic E-state index is 0.0891. The maximum absolute atomic E-state index is 12.1. The summed E-state index contributed by atoms with van der Waals surface area (Å²) in [6.07, 6.45) is 1.48. The second-order valence-electron chi connectivity index (χ2n) is 3.68. The van der Waals surface area contributed by atoms with Gasteiger partial charge in [-0.15, -0.1) is 0 Å². The van der Waals surface area contributed by atoms with Crippen LogP contribution < -0.4 is 5.56 Å². The monoisotopic (exact) mass is 247 g/mol. The molecule has 0 spiro atoms. The second-order valence-corrected chi connectivity index (χ2v) is 4.12. The number of rotatable bonds is 2. The summed E-state index contributed by atoms with van der Waals surface area (Å²) in [5.74, 6) is -0.311. The number of hydrogen-bond acceptors (Lipinski definition) is 2. The number of ketones is 1. The lowest BCUT2D eigenvalue weighted by Gasteiger charge is -2.04. The first kappa shape index (κ1) is 11.6. The molecule has 0 aliphatic carbocycles. The van der Waals surface area contributed by atoms with Crippen molar-refractivity contribution in [2.45, 2.75) is 0 Å². The van der Waals surface area contributed by atoms with Gasteiger partial charge in [0.05, 0.1) is 10.6 Å². The lowest BCUT2D eigenvalue weighted by Crippen LogP contribution is -2.24. The Kier molecular flexibility index (Phi) is 3.11. The molecule has 0 bridgehead atoms. The van der Waals surface area contributed by atoms with Gasteiger partial charge in [0.2, 0.25) is 0 Å². The van der Waals surface area contributed by atoms with Crippen LogP contribution in [-0.2, 0) is 7.05 Å². The molecule has 0 N–H and O–H groups in total. The van der Waals surface area contributed by atoms with E-state index >= 15 is 0 Å². The van der Waals surface area contributed by atoms with Gasteiger partial charge >= 0.3 is 0 Å². The summed E-state index contributed by atoms with van der Waals surface area (Å²) in [6, 6.07) is 10.1. The number of nitrogens with zero attached hydrogens (tertiary/aromatic N) is 1. The van der Waals surface area contributed by atoms with E-state index in [1.807, 2.05) is 6.07 Å². The quantitative estimate of drug-likeness (QED) is 0.764. The highest BCUT2D eigenvalue weighted by Gasteiger charge is 2.14.